The Kier molecular flexibility index (Phi) is 5.46. The van der Waals surface area contributed by atoms with Crippen molar-refractivity contribution in [3.63, 3.8) is 0 Å². The van der Waals surface area contributed by atoms with Crippen molar-refractivity contribution >= 4 is 51.0 Å². The van der Waals surface area contributed by atoms with Gasteiger partial charge in [0.05, 0.1) is 20.8 Å². The maximum Gasteiger partial charge on any atom is 0.260 e. The van der Waals surface area contributed by atoms with E-state index in [-0.39, 0.29) is 24.7 Å². The number of ether oxygens (including phenoxy) is 2. The molecule has 0 unspecified atom stereocenters. The molecule has 5 nitrogen and oxygen atoms in total. The van der Waals surface area contributed by atoms with Gasteiger partial charge < -0.3 is 14.4 Å². The molecule has 0 radical (unpaired) electrons. The van der Waals surface area contributed by atoms with E-state index in [1.807, 2.05) is 32.0 Å². The first-order valence-corrected chi connectivity index (χ1v) is 9.20. The van der Waals surface area contributed by atoms with Crippen LogP contribution >= 0.6 is 34.2 Å². The summed E-state index contributed by atoms with van der Waals surface area (Å²) in [4.78, 5) is 18.6. The van der Waals surface area contributed by atoms with E-state index in [9.17, 15) is 4.79 Å². The smallest absolute Gasteiger partial charge is 0.260 e. The molecule has 0 aliphatic carbocycles. The van der Waals surface area contributed by atoms with Crippen LogP contribution in [0.15, 0.2) is 24.4 Å². The minimum atomic E-state index is -0.0492. The van der Waals surface area contributed by atoms with Crippen molar-refractivity contribution < 1.29 is 14.3 Å². The van der Waals surface area contributed by atoms with Gasteiger partial charge in [0, 0.05) is 24.7 Å². The van der Waals surface area contributed by atoms with Gasteiger partial charge in [0.2, 0.25) is 0 Å². The minimum Gasteiger partial charge on any atom is -0.480 e. The molecule has 7 heteroatoms. The highest BCUT2D eigenvalue weighted by molar-refractivity contribution is 14.1. The topological polar surface area (TPSA) is 51.7 Å². The van der Waals surface area contributed by atoms with Crippen molar-refractivity contribution in [2.45, 2.75) is 26.1 Å². The standard InChI is InChI=1S/C17H18ClIN2O3/c1-10-7-21(8-11(2)24-10)15(22)9-23-17-14(19)6-13(18)12-4-3-5-20-16(12)17/h3-6,10-11H,7-9H2,1-2H3/t10-,11-/m0/s1. The van der Waals surface area contributed by atoms with Crippen molar-refractivity contribution in [3.05, 3.63) is 33.0 Å². The van der Waals surface area contributed by atoms with Gasteiger partial charge in [-0.3, -0.25) is 9.78 Å². The van der Waals surface area contributed by atoms with Crippen molar-refractivity contribution in [1.82, 2.24) is 9.88 Å². The number of pyridine rings is 1. The molecule has 1 aliphatic rings. The van der Waals surface area contributed by atoms with Gasteiger partial charge in [0.25, 0.3) is 5.91 Å². The van der Waals surface area contributed by atoms with Crippen LogP contribution in [0.2, 0.25) is 5.02 Å². The lowest BCUT2D eigenvalue weighted by Crippen LogP contribution is -2.49. The lowest BCUT2D eigenvalue weighted by Gasteiger charge is -2.35. The van der Waals surface area contributed by atoms with Gasteiger partial charge in [-0.2, -0.15) is 0 Å². The Bertz CT molecular complexity index is 761. The normalized spacial score (nSPS) is 21.1. The van der Waals surface area contributed by atoms with Gasteiger partial charge in [0.15, 0.2) is 12.4 Å². The summed E-state index contributed by atoms with van der Waals surface area (Å²) in [6.45, 7) is 5.09. The number of morpholine rings is 1. The number of benzene rings is 1. The maximum absolute atomic E-state index is 12.5. The molecule has 2 heterocycles. The van der Waals surface area contributed by atoms with Crippen LogP contribution in [0.5, 0.6) is 5.75 Å². The van der Waals surface area contributed by atoms with Crippen LogP contribution in [0.1, 0.15) is 13.8 Å². The summed E-state index contributed by atoms with van der Waals surface area (Å²) in [6, 6.07) is 5.54. The number of carbonyl (C=O) groups is 1. The molecule has 0 spiro atoms. The van der Waals surface area contributed by atoms with Gasteiger partial charge in [-0.25, -0.2) is 0 Å². The third-order valence-corrected chi connectivity index (χ3v) is 4.98. The summed E-state index contributed by atoms with van der Waals surface area (Å²) in [6.07, 6.45) is 1.76. The Balaban J connectivity index is 1.77. The summed E-state index contributed by atoms with van der Waals surface area (Å²) in [5, 5.41) is 1.44. The predicted octanol–water partition coefficient (Wildman–Crippen LogP) is 3.51. The van der Waals surface area contributed by atoms with Crippen LogP contribution in [0.4, 0.5) is 0 Å². The Morgan fingerprint density at radius 1 is 1.46 bits per heavy atom. The van der Waals surface area contributed by atoms with Crippen molar-refractivity contribution in [2.24, 2.45) is 0 Å². The minimum absolute atomic E-state index is 0.0251. The maximum atomic E-state index is 12.5. The third-order valence-electron chi connectivity index (χ3n) is 3.86. The first-order valence-electron chi connectivity index (χ1n) is 7.74. The second-order valence-corrected chi connectivity index (χ2v) is 7.48. The summed E-state index contributed by atoms with van der Waals surface area (Å²) in [5.41, 5.74) is 0.672. The highest BCUT2D eigenvalue weighted by atomic mass is 127. The van der Waals surface area contributed by atoms with Crippen LogP contribution in [0, 0.1) is 3.57 Å². The Morgan fingerprint density at radius 2 is 2.17 bits per heavy atom. The SMILES string of the molecule is C[C@H]1CN(C(=O)COc2c(I)cc(Cl)c3cccnc23)C[C@H](C)O1. The molecule has 1 aromatic carbocycles. The molecule has 0 saturated carbocycles. The number of aromatic nitrogens is 1. The molecule has 2 atom stereocenters. The van der Waals surface area contributed by atoms with Crippen LogP contribution in [-0.4, -0.2) is 47.7 Å². The van der Waals surface area contributed by atoms with Crippen molar-refractivity contribution in [1.29, 1.82) is 0 Å². The van der Waals surface area contributed by atoms with Gasteiger partial charge in [0.1, 0.15) is 5.52 Å². The molecule has 1 aliphatic heterocycles. The first kappa shape index (κ1) is 17.7. The Labute approximate surface area is 159 Å². The van der Waals surface area contributed by atoms with Crippen molar-refractivity contribution in [3.8, 4) is 5.75 Å². The van der Waals surface area contributed by atoms with E-state index in [1.165, 1.54) is 0 Å². The lowest BCUT2D eigenvalue weighted by atomic mass is 10.2. The number of hydrogen-bond acceptors (Lipinski definition) is 4. The number of rotatable bonds is 3. The molecule has 1 amide bonds. The summed E-state index contributed by atoms with van der Waals surface area (Å²) >= 11 is 8.41. The number of carbonyl (C=O) groups excluding carboxylic acids is 1. The monoisotopic (exact) mass is 460 g/mol. The lowest BCUT2D eigenvalue weighted by molar-refractivity contribution is -0.145. The molecular weight excluding hydrogens is 443 g/mol. The quantitative estimate of drug-likeness (QED) is 0.658. The molecule has 1 aromatic heterocycles. The van der Waals surface area contributed by atoms with E-state index < -0.39 is 0 Å². The molecule has 1 fully saturated rings. The summed E-state index contributed by atoms with van der Waals surface area (Å²) in [5.74, 6) is 0.546. The predicted molar refractivity (Wildman–Crippen MR) is 102 cm³/mol. The fraction of sp³-hybridized carbons (Fsp3) is 0.412. The molecule has 1 saturated heterocycles. The van der Waals surface area contributed by atoms with E-state index >= 15 is 0 Å². The van der Waals surface area contributed by atoms with Crippen LogP contribution < -0.4 is 4.74 Å². The summed E-state index contributed by atoms with van der Waals surface area (Å²) < 4.78 is 12.3. The van der Waals surface area contributed by atoms with E-state index in [1.54, 1.807) is 11.1 Å². The fourth-order valence-corrected chi connectivity index (χ4v) is 4.06. The van der Waals surface area contributed by atoms with E-state index in [0.29, 0.717) is 29.4 Å². The highest BCUT2D eigenvalue weighted by Gasteiger charge is 2.26. The zero-order chi connectivity index (χ0) is 17.3. The molecule has 0 N–H and O–H groups in total. The van der Waals surface area contributed by atoms with Gasteiger partial charge in [-0.05, 0) is 54.6 Å². The van der Waals surface area contributed by atoms with Gasteiger partial charge in [-0.1, -0.05) is 11.6 Å². The molecule has 2 aromatic rings. The van der Waals surface area contributed by atoms with Crippen molar-refractivity contribution in [2.75, 3.05) is 19.7 Å². The molecule has 0 bridgehead atoms. The second kappa shape index (κ2) is 7.41. The zero-order valence-electron chi connectivity index (χ0n) is 13.5. The number of amides is 1. The van der Waals surface area contributed by atoms with E-state index in [0.717, 1.165) is 8.96 Å². The average Bonchev–Trinajstić information content (AvgIpc) is 2.53. The molecule has 128 valence electrons. The molecular formula is C17H18ClIN2O3. The first-order chi connectivity index (χ1) is 11.5. The highest BCUT2D eigenvalue weighted by Crippen LogP contribution is 2.34. The van der Waals surface area contributed by atoms with Crippen LogP contribution in [-0.2, 0) is 9.53 Å². The van der Waals surface area contributed by atoms with Crippen LogP contribution in [0.25, 0.3) is 10.9 Å². The van der Waals surface area contributed by atoms with Crippen LogP contribution in [0.3, 0.4) is 0 Å². The Hall–Kier alpha value is -1.12. The Morgan fingerprint density at radius 3 is 2.88 bits per heavy atom. The largest absolute Gasteiger partial charge is 0.480 e. The second-order valence-electron chi connectivity index (χ2n) is 5.91. The molecule has 24 heavy (non-hydrogen) atoms. The van der Waals surface area contributed by atoms with E-state index in [4.69, 9.17) is 21.1 Å². The fourth-order valence-electron chi connectivity index (χ4n) is 2.89. The van der Waals surface area contributed by atoms with Gasteiger partial charge >= 0.3 is 0 Å². The summed E-state index contributed by atoms with van der Waals surface area (Å²) in [7, 11) is 0. The zero-order valence-corrected chi connectivity index (χ0v) is 16.4. The number of nitrogens with zero attached hydrogens (tertiary/aromatic N) is 2. The van der Waals surface area contributed by atoms with Gasteiger partial charge in [-0.15, -0.1) is 0 Å². The van der Waals surface area contributed by atoms with E-state index in [2.05, 4.69) is 27.6 Å². The number of hydrogen-bond donors (Lipinski definition) is 0. The molecule has 3 rings (SSSR count). The number of halogens is 2. The average molecular weight is 461 g/mol. The third kappa shape index (κ3) is 3.75. The number of fused-ring (bicyclic) bond motifs is 1.